The van der Waals surface area contributed by atoms with Gasteiger partial charge in [-0.3, -0.25) is 14.4 Å². The molecule has 8 N–H and O–H groups in total. The fraction of sp³-hybridized carbons (Fsp3) is 0.533. The number of carbonyl (C=O) groups excluding carboxylic acids is 3. The van der Waals surface area contributed by atoms with Gasteiger partial charge in [-0.15, -0.1) is 0 Å². The highest BCUT2D eigenvalue weighted by molar-refractivity contribution is 5.93. The summed E-state index contributed by atoms with van der Waals surface area (Å²) >= 11 is 0. The van der Waals surface area contributed by atoms with Gasteiger partial charge in [0.25, 0.3) is 0 Å². The van der Waals surface area contributed by atoms with Crippen LogP contribution in [0.5, 0.6) is 0 Å². The number of carboxylic acid groups (broad SMARTS) is 1. The molecule has 3 amide bonds. The van der Waals surface area contributed by atoms with Crippen molar-refractivity contribution in [3.63, 3.8) is 0 Å². The van der Waals surface area contributed by atoms with Crippen LogP contribution in [0.3, 0.4) is 0 Å². The number of nitrogens with two attached hydrogens (primary N) is 1. The van der Waals surface area contributed by atoms with E-state index in [9.17, 15) is 24.3 Å². The Balaban J connectivity index is 2.89. The van der Waals surface area contributed by atoms with Gasteiger partial charge < -0.3 is 36.9 Å². The predicted octanol–water partition coefficient (Wildman–Crippen LogP) is -3.15. The zero-order valence-corrected chi connectivity index (χ0v) is 14.9. The minimum absolute atomic E-state index is 0.0126. The van der Waals surface area contributed by atoms with Gasteiger partial charge in [-0.1, -0.05) is 0 Å². The quantitative estimate of drug-likeness (QED) is 0.219. The Kier molecular flexibility index (Phi) is 8.35. The molecular weight excluding hydrogens is 360 g/mol. The lowest BCUT2D eigenvalue weighted by atomic mass is 10.1. The molecule has 0 spiro atoms. The summed E-state index contributed by atoms with van der Waals surface area (Å²) in [6.07, 6.45) is 1.46. The first-order valence-corrected chi connectivity index (χ1v) is 8.14. The van der Waals surface area contributed by atoms with Crippen LogP contribution in [0.15, 0.2) is 12.5 Å². The molecule has 1 aromatic heterocycles. The Morgan fingerprint density at radius 3 is 2.33 bits per heavy atom. The molecule has 12 nitrogen and oxygen atoms in total. The Morgan fingerprint density at radius 2 is 1.85 bits per heavy atom. The topological polar surface area (TPSA) is 200 Å². The molecule has 4 unspecified atom stereocenters. The van der Waals surface area contributed by atoms with Crippen LogP contribution in [0, 0.1) is 0 Å². The Bertz CT molecular complexity index is 662. The van der Waals surface area contributed by atoms with Crippen molar-refractivity contribution in [3.8, 4) is 0 Å². The number of H-pyrrole nitrogens is 1. The molecule has 1 rings (SSSR count). The number of hydrogen-bond donors (Lipinski definition) is 7. The molecule has 0 bridgehead atoms. The Morgan fingerprint density at radius 1 is 1.19 bits per heavy atom. The third-order valence-corrected chi connectivity index (χ3v) is 3.61. The van der Waals surface area contributed by atoms with Crippen molar-refractivity contribution in [2.45, 2.75) is 44.5 Å². The third-order valence-electron chi connectivity index (χ3n) is 3.61. The molecular formula is C15H24N6O6. The van der Waals surface area contributed by atoms with Crippen LogP contribution in [0.4, 0.5) is 0 Å². The van der Waals surface area contributed by atoms with Gasteiger partial charge in [0.1, 0.15) is 12.1 Å². The molecule has 0 aliphatic heterocycles. The van der Waals surface area contributed by atoms with E-state index in [2.05, 4.69) is 25.9 Å². The van der Waals surface area contributed by atoms with Crippen LogP contribution in [0.25, 0.3) is 0 Å². The van der Waals surface area contributed by atoms with E-state index < -0.39 is 47.9 Å². The number of carbonyl (C=O) groups is 4. The number of aliphatic hydroxyl groups excluding tert-OH is 1. The number of aromatic nitrogens is 2. The maximum absolute atomic E-state index is 12.5. The molecule has 4 atom stereocenters. The highest BCUT2D eigenvalue weighted by Crippen LogP contribution is 2.02. The van der Waals surface area contributed by atoms with E-state index in [1.807, 2.05) is 0 Å². The first kappa shape index (κ1) is 22.1. The summed E-state index contributed by atoms with van der Waals surface area (Å²) in [6.45, 7) is 2.32. The number of imidazole rings is 1. The number of aromatic amines is 1. The van der Waals surface area contributed by atoms with Gasteiger partial charge in [0.05, 0.1) is 19.0 Å². The summed E-state index contributed by atoms with van der Waals surface area (Å²) in [5.41, 5.74) is 5.69. The molecule has 0 fully saturated rings. The average molecular weight is 384 g/mol. The SMILES string of the molecule is CC(NC(=O)CN)C(=O)NC(Cc1cnc[nH]1)C(=O)NC(C(=O)O)C(C)O. The van der Waals surface area contributed by atoms with E-state index in [0.29, 0.717) is 5.69 Å². The molecule has 12 heteroatoms. The fourth-order valence-corrected chi connectivity index (χ4v) is 2.13. The molecule has 27 heavy (non-hydrogen) atoms. The lowest BCUT2D eigenvalue weighted by Gasteiger charge is -2.24. The zero-order chi connectivity index (χ0) is 20.6. The summed E-state index contributed by atoms with van der Waals surface area (Å²) in [6, 6.07) is -3.69. The lowest BCUT2D eigenvalue weighted by molar-refractivity contribution is -0.145. The van der Waals surface area contributed by atoms with E-state index in [0.717, 1.165) is 0 Å². The van der Waals surface area contributed by atoms with Gasteiger partial charge in [-0.05, 0) is 13.8 Å². The molecule has 150 valence electrons. The molecule has 0 saturated carbocycles. The van der Waals surface area contributed by atoms with E-state index in [1.165, 1.54) is 26.4 Å². The zero-order valence-electron chi connectivity index (χ0n) is 14.9. The molecule has 0 radical (unpaired) electrons. The van der Waals surface area contributed by atoms with Crippen molar-refractivity contribution in [2.75, 3.05) is 6.54 Å². The van der Waals surface area contributed by atoms with Crippen LogP contribution in [0.2, 0.25) is 0 Å². The highest BCUT2D eigenvalue weighted by Gasteiger charge is 2.30. The minimum atomic E-state index is -1.55. The lowest BCUT2D eigenvalue weighted by Crippen LogP contribution is -2.57. The van der Waals surface area contributed by atoms with Crippen molar-refractivity contribution in [3.05, 3.63) is 18.2 Å². The van der Waals surface area contributed by atoms with Gasteiger partial charge in [0.2, 0.25) is 17.7 Å². The minimum Gasteiger partial charge on any atom is -0.480 e. The number of carboxylic acids is 1. The second-order valence-electron chi connectivity index (χ2n) is 5.90. The first-order chi connectivity index (χ1) is 12.6. The third kappa shape index (κ3) is 7.03. The van der Waals surface area contributed by atoms with Crippen LogP contribution in [-0.4, -0.2) is 74.6 Å². The van der Waals surface area contributed by atoms with Crippen LogP contribution in [-0.2, 0) is 25.6 Å². The maximum atomic E-state index is 12.5. The molecule has 0 aromatic carbocycles. The van der Waals surface area contributed by atoms with E-state index in [4.69, 9.17) is 10.8 Å². The van der Waals surface area contributed by atoms with Crippen molar-refractivity contribution < 1.29 is 29.4 Å². The summed E-state index contributed by atoms with van der Waals surface area (Å²) in [4.78, 5) is 53.8. The van der Waals surface area contributed by atoms with Gasteiger partial charge in [-0.2, -0.15) is 0 Å². The predicted molar refractivity (Wildman–Crippen MR) is 92.1 cm³/mol. The van der Waals surface area contributed by atoms with Crippen LogP contribution < -0.4 is 21.7 Å². The fourth-order valence-electron chi connectivity index (χ4n) is 2.13. The monoisotopic (exact) mass is 384 g/mol. The highest BCUT2D eigenvalue weighted by atomic mass is 16.4. The summed E-state index contributed by atoms with van der Waals surface area (Å²) in [5.74, 6) is -3.45. The number of hydrogen-bond acceptors (Lipinski definition) is 7. The van der Waals surface area contributed by atoms with Gasteiger partial charge in [0.15, 0.2) is 6.04 Å². The second kappa shape index (κ2) is 10.2. The largest absolute Gasteiger partial charge is 0.480 e. The number of amides is 3. The standard InChI is InChI=1S/C15H24N6O6/c1-7(19-11(23)4-16)13(24)20-10(3-9-5-17-6-18-9)14(25)21-12(8(2)22)15(26)27/h5-8,10,12,22H,3-4,16H2,1-2H3,(H,17,18)(H,19,23)(H,20,24)(H,21,25)(H,26,27). The number of nitrogens with zero attached hydrogens (tertiary/aromatic N) is 1. The average Bonchev–Trinajstić information content (AvgIpc) is 3.10. The summed E-state index contributed by atoms with van der Waals surface area (Å²) < 4.78 is 0. The van der Waals surface area contributed by atoms with Crippen LogP contribution >= 0.6 is 0 Å². The number of rotatable bonds is 10. The van der Waals surface area contributed by atoms with Gasteiger partial charge in [0, 0.05) is 18.3 Å². The number of nitrogens with one attached hydrogen (secondary N) is 4. The van der Waals surface area contributed by atoms with E-state index in [-0.39, 0.29) is 13.0 Å². The Labute approximate surface area is 154 Å². The smallest absolute Gasteiger partial charge is 0.328 e. The summed E-state index contributed by atoms with van der Waals surface area (Å²) in [7, 11) is 0. The van der Waals surface area contributed by atoms with Crippen molar-refractivity contribution >= 4 is 23.7 Å². The molecule has 1 heterocycles. The normalized spacial score (nSPS) is 15.1. The van der Waals surface area contributed by atoms with E-state index in [1.54, 1.807) is 0 Å². The molecule has 0 aliphatic rings. The first-order valence-electron chi connectivity index (χ1n) is 8.14. The van der Waals surface area contributed by atoms with Crippen molar-refractivity contribution in [1.29, 1.82) is 0 Å². The molecule has 1 aromatic rings. The van der Waals surface area contributed by atoms with Crippen LogP contribution in [0.1, 0.15) is 19.5 Å². The Hall–Kier alpha value is -2.99. The second-order valence-corrected chi connectivity index (χ2v) is 5.90. The molecule has 0 aliphatic carbocycles. The van der Waals surface area contributed by atoms with Gasteiger partial charge in [-0.25, -0.2) is 9.78 Å². The molecule has 0 saturated heterocycles. The van der Waals surface area contributed by atoms with Gasteiger partial charge >= 0.3 is 5.97 Å². The van der Waals surface area contributed by atoms with Crippen molar-refractivity contribution in [2.24, 2.45) is 5.73 Å². The van der Waals surface area contributed by atoms with Crippen molar-refractivity contribution in [1.82, 2.24) is 25.9 Å². The summed E-state index contributed by atoms with van der Waals surface area (Å²) in [5, 5.41) is 25.6. The van der Waals surface area contributed by atoms with E-state index >= 15 is 0 Å². The maximum Gasteiger partial charge on any atom is 0.328 e. The number of aliphatic hydroxyl groups is 1. The number of aliphatic carboxylic acids is 1.